The summed E-state index contributed by atoms with van der Waals surface area (Å²) < 4.78 is 0. The molecule has 2 aromatic carbocycles. The number of benzene rings is 2. The summed E-state index contributed by atoms with van der Waals surface area (Å²) in [6.45, 7) is 0. The van der Waals surface area contributed by atoms with Crippen molar-refractivity contribution in [3.63, 3.8) is 0 Å². The maximum atomic E-state index is 15.0. The molecule has 3 nitrogen and oxygen atoms in total. The fraction of sp³-hybridized carbons (Fsp3) is 0.649. The molecule has 8 aliphatic carbocycles. The minimum atomic E-state index is 0.191. The van der Waals surface area contributed by atoms with E-state index >= 15 is 4.79 Å². The van der Waals surface area contributed by atoms with Gasteiger partial charge in [0.25, 0.3) is 0 Å². The lowest BCUT2D eigenvalue weighted by Crippen LogP contribution is -2.49. The van der Waals surface area contributed by atoms with Gasteiger partial charge in [0, 0.05) is 50.7 Å². The largest absolute Gasteiger partial charge is 0.378 e. The molecule has 0 aliphatic heterocycles. The lowest BCUT2D eigenvalue weighted by atomic mass is 9.47. The molecule has 2 aromatic rings. The van der Waals surface area contributed by atoms with Crippen molar-refractivity contribution in [1.29, 1.82) is 0 Å². The van der Waals surface area contributed by atoms with E-state index in [-0.39, 0.29) is 10.8 Å². The molecule has 0 N–H and O–H groups in total. The van der Waals surface area contributed by atoms with Gasteiger partial charge in [-0.1, -0.05) is 0 Å². The number of carbonyl (C=O) groups is 1. The van der Waals surface area contributed by atoms with Gasteiger partial charge in [-0.15, -0.1) is 0 Å². The Morgan fingerprint density at radius 2 is 0.850 bits per heavy atom. The lowest BCUT2D eigenvalue weighted by Gasteiger charge is -2.58. The number of ketones is 1. The molecule has 0 saturated heterocycles. The van der Waals surface area contributed by atoms with E-state index in [1.54, 1.807) is 0 Å². The van der Waals surface area contributed by atoms with E-state index in [9.17, 15) is 0 Å². The first kappa shape index (κ1) is 25.4. The summed E-state index contributed by atoms with van der Waals surface area (Å²) in [5.74, 6) is 5.46. The summed E-state index contributed by atoms with van der Waals surface area (Å²) in [4.78, 5) is 19.5. The molecular formula is C37H48N2O. The van der Waals surface area contributed by atoms with E-state index in [2.05, 4.69) is 74.4 Å². The highest BCUT2D eigenvalue weighted by molar-refractivity contribution is 6.11. The average molecular weight is 537 g/mol. The fourth-order valence-electron chi connectivity index (χ4n) is 11.9. The minimum Gasteiger partial charge on any atom is -0.378 e. The Morgan fingerprint density at radius 3 is 1.12 bits per heavy atom. The summed E-state index contributed by atoms with van der Waals surface area (Å²) in [5.41, 5.74) is 7.66. The molecule has 0 amide bonds. The van der Waals surface area contributed by atoms with E-state index in [1.807, 2.05) is 0 Å². The quantitative estimate of drug-likeness (QED) is 0.350. The summed E-state index contributed by atoms with van der Waals surface area (Å²) >= 11 is 0. The van der Waals surface area contributed by atoms with Crippen molar-refractivity contribution in [2.75, 3.05) is 38.0 Å². The normalized spacial score (nSPS) is 38.6. The highest BCUT2D eigenvalue weighted by Crippen LogP contribution is 2.63. The zero-order chi connectivity index (χ0) is 27.4. The van der Waals surface area contributed by atoms with Crippen LogP contribution >= 0.6 is 0 Å². The number of carbonyl (C=O) groups excluding carboxylic acids is 1. The Balaban J connectivity index is 1.27. The Kier molecular flexibility index (Phi) is 5.63. The molecule has 0 atom stereocenters. The third kappa shape index (κ3) is 3.85. The molecule has 3 heteroatoms. The first-order valence-corrected chi connectivity index (χ1v) is 16.4. The second-order valence-corrected chi connectivity index (χ2v) is 16.0. The molecular weight excluding hydrogens is 488 g/mol. The van der Waals surface area contributed by atoms with Crippen molar-refractivity contribution in [3.8, 4) is 0 Å². The monoisotopic (exact) mass is 536 g/mol. The molecule has 10 rings (SSSR count). The lowest BCUT2D eigenvalue weighted by molar-refractivity contribution is -0.00581. The van der Waals surface area contributed by atoms with Crippen molar-refractivity contribution >= 4 is 17.2 Å². The van der Waals surface area contributed by atoms with Crippen molar-refractivity contribution in [2.24, 2.45) is 35.5 Å². The van der Waals surface area contributed by atoms with Crippen LogP contribution in [0.1, 0.15) is 104 Å². The third-order valence-corrected chi connectivity index (χ3v) is 12.7. The molecule has 8 saturated carbocycles. The molecule has 40 heavy (non-hydrogen) atoms. The SMILES string of the molecule is CN(C)c1ccc(C(=O)c2ccc(N(C)C)cc2C23CC4CC(CC(C4)C2)C3)c(C23CC4CC(CC(C4)C2)C3)c1. The number of nitrogens with zero attached hydrogens (tertiary/aromatic N) is 2. The van der Waals surface area contributed by atoms with Gasteiger partial charge in [0.15, 0.2) is 5.78 Å². The van der Waals surface area contributed by atoms with Gasteiger partial charge in [-0.05, 0) is 171 Å². The molecule has 0 unspecified atom stereocenters. The number of hydrogen-bond acceptors (Lipinski definition) is 3. The van der Waals surface area contributed by atoms with E-state index in [0.717, 1.165) is 46.6 Å². The van der Waals surface area contributed by atoms with Crippen LogP contribution in [0.2, 0.25) is 0 Å². The van der Waals surface area contributed by atoms with Gasteiger partial charge in [-0.2, -0.15) is 0 Å². The van der Waals surface area contributed by atoms with E-state index in [0.29, 0.717) is 5.78 Å². The molecule has 0 aromatic heterocycles. The van der Waals surface area contributed by atoms with Crippen molar-refractivity contribution < 1.29 is 4.79 Å². The fourth-order valence-corrected chi connectivity index (χ4v) is 11.9. The molecule has 8 bridgehead atoms. The molecule has 0 spiro atoms. The number of rotatable bonds is 6. The first-order chi connectivity index (χ1) is 19.2. The second-order valence-electron chi connectivity index (χ2n) is 16.0. The van der Waals surface area contributed by atoms with Crippen LogP contribution in [0.3, 0.4) is 0 Å². The minimum absolute atomic E-state index is 0.191. The number of anilines is 2. The van der Waals surface area contributed by atoms with Crippen LogP contribution < -0.4 is 9.80 Å². The molecule has 8 aliphatic rings. The van der Waals surface area contributed by atoms with Gasteiger partial charge in [0.2, 0.25) is 0 Å². The van der Waals surface area contributed by atoms with E-state index in [1.165, 1.54) is 99.6 Å². The summed E-state index contributed by atoms with van der Waals surface area (Å²) in [5, 5.41) is 0. The van der Waals surface area contributed by atoms with Gasteiger partial charge >= 0.3 is 0 Å². The summed E-state index contributed by atoms with van der Waals surface area (Å²) in [7, 11) is 8.58. The van der Waals surface area contributed by atoms with E-state index < -0.39 is 0 Å². The number of hydrogen-bond donors (Lipinski definition) is 0. The Bertz CT molecular complexity index is 1180. The average Bonchev–Trinajstić information content (AvgIpc) is 2.90. The molecule has 0 radical (unpaired) electrons. The van der Waals surface area contributed by atoms with Gasteiger partial charge in [0.05, 0.1) is 0 Å². The molecule has 212 valence electrons. The summed E-state index contributed by atoms with van der Waals surface area (Å²) in [6.07, 6.45) is 16.3. The topological polar surface area (TPSA) is 23.6 Å². The third-order valence-electron chi connectivity index (χ3n) is 12.7. The van der Waals surface area contributed by atoms with Crippen LogP contribution in [-0.2, 0) is 10.8 Å². The van der Waals surface area contributed by atoms with Gasteiger partial charge in [-0.25, -0.2) is 0 Å². The van der Waals surface area contributed by atoms with E-state index in [4.69, 9.17) is 0 Å². The second kappa shape index (κ2) is 8.85. The van der Waals surface area contributed by atoms with Crippen molar-refractivity contribution in [2.45, 2.75) is 87.9 Å². The van der Waals surface area contributed by atoms with Crippen LogP contribution in [0.4, 0.5) is 11.4 Å². The smallest absolute Gasteiger partial charge is 0.193 e. The van der Waals surface area contributed by atoms with Crippen LogP contribution in [-0.4, -0.2) is 34.0 Å². The maximum absolute atomic E-state index is 15.0. The van der Waals surface area contributed by atoms with Crippen molar-refractivity contribution in [3.05, 3.63) is 58.7 Å². The maximum Gasteiger partial charge on any atom is 0.193 e. The predicted molar refractivity (Wildman–Crippen MR) is 165 cm³/mol. The van der Waals surface area contributed by atoms with Crippen molar-refractivity contribution in [1.82, 2.24) is 0 Å². The van der Waals surface area contributed by atoms with Crippen LogP contribution in [0.25, 0.3) is 0 Å². The Morgan fingerprint density at radius 1 is 0.550 bits per heavy atom. The molecule has 0 heterocycles. The Hall–Kier alpha value is -2.29. The van der Waals surface area contributed by atoms with Crippen LogP contribution in [0, 0.1) is 35.5 Å². The van der Waals surface area contributed by atoms with Gasteiger partial charge in [-0.3, -0.25) is 4.79 Å². The highest BCUT2D eigenvalue weighted by Gasteiger charge is 2.54. The zero-order valence-electron chi connectivity index (χ0n) is 25.2. The van der Waals surface area contributed by atoms with Gasteiger partial charge in [0.1, 0.15) is 0 Å². The predicted octanol–water partition coefficient (Wildman–Crippen LogP) is 7.99. The standard InChI is InChI=1S/C37H48N2O/c1-38(2)29-5-7-31(33(15-29)36-17-23-9-24(18-36)11-25(10-23)19-36)35(40)32-8-6-30(39(3)4)16-34(32)37-20-26-12-27(21-37)14-28(13-26)22-37/h5-8,15-16,23-28H,9-14,17-22H2,1-4H3. The molecule has 8 fully saturated rings. The van der Waals surface area contributed by atoms with Gasteiger partial charge < -0.3 is 9.80 Å². The summed E-state index contributed by atoms with van der Waals surface area (Å²) in [6, 6.07) is 13.7. The Labute approximate surface area is 241 Å². The van der Waals surface area contributed by atoms with Crippen LogP contribution in [0.15, 0.2) is 36.4 Å². The zero-order valence-corrected chi connectivity index (χ0v) is 25.2. The first-order valence-electron chi connectivity index (χ1n) is 16.4. The highest BCUT2D eigenvalue weighted by atomic mass is 16.1. The van der Waals surface area contributed by atoms with Crippen LogP contribution in [0.5, 0.6) is 0 Å².